The molecular formula is C14H26N4O3. The van der Waals surface area contributed by atoms with Crippen LogP contribution in [0.5, 0.6) is 0 Å². The van der Waals surface area contributed by atoms with Crippen molar-refractivity contribution < 1.29 is 14.3 Å². The molecule has 7 nitrogen and oxygen atoms in total. The van der Waals surface area contributed by atoms with E-state index in [-0.39, 0.29) is 5.91 Å². The maximum Gasteiger partial charge on any atom is 0.247 e. The lowest BCUT2D eigenvalue weighted by Gasteiger charge is -2.22. The summed E-state index contributed by atoms with van der Waals surface area (Å²) < 4.78 is 12.5. The largest absolute Gasteiger partial charge is 0.347 e. The molecule has 0 bridgehead atoms. The van der Waals surface area contributed by atoms with Crippen molar-refractivity contribution in [1.82, 2.24) is 19.9 Å². The van der Waals surface area contributed by atoms with Crippen LogP contribution < -0.4 is 0 Å². The molecule has 1 atom stereocenters. The van der Waals surface area contributed by atoms with Gasteiger partial charge in [0.25, 0.3) is 0 Å². The summed E-state index contributed by atoms with van der Waals surface area (Å²) in [5.74, 6) is 0.0285. The fourth-order valence-electron chi connectivity index (χ4n) is 2.02. The second-order valence-corrected chi connectivity index (χ2v) is 4.55. The molecule has 0 saturated carbocycles. The van der Waals surface area contributed by atoms with Gasteiger partial charge in [0.2, 0.25) is 12.2 Å². The number of hydrogen-bond acceptors (Lipinski definition) is 5. The summed E-state index contributed by atoms with van der Waals surface area (Å²) in [4.78, 5) is 14.1. The minimum atomic E-state index is -0.537. The van der Waals surface area contributed by atoms with E-state index in [9.17, 15) is 4.79 Å². The Hall–Kier alpha value is -1.47. The molecule has 0 aromatic carbocycles. The van der Waals surface area contributed by atoms with Crippen LogP contribution >= 0.6 is 0 Å². The van der Waals surface area contributed by atoms with E-state index < -0.39 is 12.3 Å². The maximum absolute atomic E-state index is 12.3. The van der Waals surface area contributed by atoms with Crippen molar-refractivity contribution in [2.75, 3.05) is 26.3 Å². The Balaban J connectivity index is 2.83. The summed E-state index contributed by atoms with van der Waals surface area (Å²) in [6.07, 6.45) is 1.17. The number of aromatic nitrogens is 3. The predicted octanol–water partition coefficient (Wildman–Crippen LogP) is 1.78. The first-order valence-corrected chi connectivity index (χ1v) is 7.52. The highest BCUT2D eigenvalue weighted by Crippen LogP contribution is 2.18. The van der Waals surface area contributed by atoms with Crippen LogP contribution in [0.25, 0.3) is 0 Å². The molecule has 1 aromatic rings. The highest BCUT2D eigenvalue weighted by Gasteiger charge is 2.23. The van der Waals surface area contributed by atoms with Gasteiger partial charge in [-0.3, -0.25) is 4.79 Å². The zero-order valence-electron chi connectivity index (χ0n) is 13.6. The number of nitrogens with zero attached hydrogens (tertiary/aromatic N) is 4. The van der Waals surface area contributed by atoms with Crippen molar-refractivity contribution in [3.63, 3.8) is 0 Å². The van der Waals surface area contributed by atoms with Gasteiger partial charge in [0.15, 0.2) is 0 Å². The number of rotatable bonds is 9. The summed E-state index contributed by atoms with van der Waals surface area (Å²) in [7, 11) is 0. The molecule has 0 aliphatic carbocycles. The van der Waals surface area contributed by atoms with Gasteiger partial charge in [-0.05, 0) is 34.6 Å². The highest BCUT2D eigenvalue weighted by atomic mass is 16.7. The molecule has 0 aliphatic heterocycles. The molecule has 21 heavy (non-hydrogen) atoms. The van der Waals surface area contributed by atoms with E-state index in [1.165, 1.54) is 0 Å². The van der Waals surface area contributed by atoms with Gasteiger partial charge < -0.3 is 14.4 Å². The molecule has 0 saturated heterocycles. The van der Waals surface area contributed by atoms with E-state index in [0.29, 0.717) is 32.0 Å². The fourth-order valence-corrected chi connectivity index (χ4v) is 2.02. The van der Waals surface area contributed by atoms with Gasteiger partial charge in [0.05, 0.1) is 6.20 Å². The lowest BCUT2D eigenvalue weighted by atomic mass is 10.3. The van der Waals surface area contributed by atoms with E-state index >= 15 is 0 Å². The van der Waals surface area contributed by atoms with Crippen LogP contribution in [0.4, 0.5) is 0 Å². The third kappa shape index (κ3) is 4.50. The molecule has 7 heteroatoms. The number of carbonyl (C=O) groups is 1. The molecular weight excluding hydrogens is 272 g/mol. The molecule has 0 radical (unpaired) electrons. The quantitative estimate of drug-likeness (QED) is 0.650. The van der Waals surface area contributed by atoms with Crippen LogP contribution in [-0.2, 0) is 14.3 Å². The van der Waals surface area contributed by atoms with E-state index in [4.69, 9.17) is 9.47 Å². The second-order valence-electron chi connectivity index (χ2n) is 4.55. The highest BCUT2D eigenvalue weighted by molar-refractivity contribution is 5.79. The fraction of sp³-hybridized carbons (Fsp3) is 0.786. The lowest BCUT2D eigenvalue weighted by molar-refractivity contribution is -0.142. The molecule has 1 heterocycles. The summed E-state index contributed by atoms with van der Waals surface area (Å²) in [6, 6.07) is -0.393. The first-order valence-electron chi connectivity index (χ1n) is 7.52. The molecule has 120 valence electrons. The van der Waals surface area contributed by atoms with Crippen LogP contribution in [0.2, 0.25) is 0 Å². The SMILES string of the molecule is CCOC(OCC)c1cn(C(C)C(=O)N(CC)CC)nn1. The first kappa shape index (κ1) is 17.6. The standard InChI is InChI=1S/C14H26N4O3/c1-6-17(7-2)13(19)11(5)18-10-12(15-16-18)14(20-8-3)21-9-4/h10-11,14H,6-9H2,1-5H3. The average Bonchev–Trinajstić information content (AvgIpc) is 2.97. The van der Waals surface area contributed by atoms with Gasteiger partial charge in [0.1, 0.15) is 11.7 Å². The number of hydrogen-bond donors (Lipinski definition) is 0. The number of amides is 1. The van der Waals surface area contributed by atoms with Crippen LogP contribution in [0.3, 0.4) is 0 Å². The third-order valence-electron chi connectivity index (χ3n) is 3.23. The van der Waals surface area contributed by atoms with Crippen LogP contribution in [0.1, 0.15) is 52.6 Å². The Morgan fingerprint density at radius 1 is 1.24 bits per heavy atom. The summed E-state index contributed by atoms with van der Waals surface area (Å²) in [5.41, 5.74) is 0.581. The van der Waals surface area contributed by atoms with E-state index in [0.717, 1.165) is 0 Å². The van der Waals surface area contributed by atoms with E-state index in [2.05, 4.69) is 10.3 Å². The van der Waals surface area contributed by atoms with Gasteiger partial charge in [-0.15, -0.1) is 5.10 Å². The minimum absolute atomic E-state index is 0.0285. The van der Waals surface area contributed by atoms with Crippen LogP contribution in [-0.4, -0.2) is 52.1 Å². The van der Waals surface area contributed by atoms with Crippen molar-refractivity contribution in [3.05, 3.63) is 11.9 Å². The number of ether oxygens (including phenoxy) is 2. The molecule has 1 rings (SSSR count). The summed E-state index contributed by atoms with van der Waals surface area (Å²) in [5, 5.41) is 8.09. The Morgan fingerprint density at radius 3 is 2.29 bits per heavy atom. The molecule has 0 N–H and O–H groups in total. The molecule has 0 aliphatic rings. The summed E-state index contributed by atoms with van der Waals surface area (Å²) >= 11 is 0. The molecule has 1 aromatic heterocycles. The Labute approximate surface area is 126 Å². The number of likely N-dealkylation sites (N-methyl/N-ethyl adjacent to an activating group) is 1. The molecule has 0 spiro atoms. The predicted molar refractivity (Wildman–Crippen MR) is 78.7 cm³/mol. The van der Waals surface area contributed by atoms with Crippen molar-refractivity contribution >= 4 is 5.91 Å². The average molecular weight is 298 g/mol. The third-order valence-corrected chi connectivity index (χ3v) is 3.23. The molecule has 1 amide bonds. The van der Waals surface area contributed by atoms with Crippen molar-refractivity contribution in [2.45, 2.75) is 47.0 Å². The smallest absolute Gasteiger partial charge is 0.247 e. The van der Waals surface area contributed by atoms with Gasteiger partial charge in [-0.1, -0.05) is 5.21 Å². The lowest BCUT2D eigenvalue weighted by Crippen LogP contribution is -2.36. The van der Waals surface area contributed by atoms with Gasteiger partial charge in [0, 0.05) is 26.3 Å². The maximum atomic E-state index is 12.3. The van der Waals surface area contributed by atoms with Gasteiger partial charge >= 0.3 is 0 Å². The van der Waals surface area contributed by atoms with Crippen LogP contribution in [0.15, 0.2) is 6.20 Å². The Bertz CT molecular complexity index is 426. The normalized spacial score (nSPS) is 12.7. The Morgan fingerprint density at radius 2 is 1.81 bits per heavy atom. The Kier molecular flexibility index (Phi) is 7.31. The zero-order valence-corrected chi connectivity index (χ0v) is 13.6. The van der Waals surface area contributed by atoms with Crippen molar-refractivity contribution in [3.8, 4) is 0 Å². The monoisotopic (exact) mass is 298 g/mol. The van der Waals surface area contributed by atoms with Gasteiger partial charge in [-0.25, -0.2) is 4.68 Å². The molecule has 1 unspecified atom stereocenters. The van der Waals surface area contributed by atoms with Crippen LogP contribution in [0, 0.1) is 0 Å². The number of carbonyl (C=O) groups excluding carboxylic acids is 1. The van der Waals surface area contributed by atoms with Crippen molar-refractivity contribution in [1.29, 1.82) is 0 Å². The van der Waals surface area contributed by atoms with E-state index in [1.54, 1.807) is 15.8 Å². The summed E-state index contributed by atoms with van der Waals surface area (Å²) in [6.45, 7) is 11.9. The second kappa shape index (κ2) is 8.74. The first-order chi connectivity index (χ1) is 10.1. The zero-order chi connectivity index (χ0) is 15.8. The topological polar surface area (TPSA) is 69.5 Å². The minimum Gasteiger partial charge on any atom is -0.347 e. The van der Waals surface area contributed by atoms with E-state index in [1.807, 2.05) is 34.6 Å². The van der Waals surface area contributed by atoms with Crippen molar-refractivity contribution in [2.24, 2.45) is 0 Å². The molecule has 0 fully saturated rings. The van der Waals surface area contributed by atoms with Gasteiger partial charge in [-0.2, -0.15) is 0 Å².